The minimum atomic E-state index is -3.52. The molecular weight excluding hydrogens is 338 g/mol. The lowest BCUT2D eigenvalue weighted by Crippen LogP contribution is -2.39. The summed E-state index contributed by atoms with van der Waals surface area (Å²) in [5.74, 6) is 0.357. The predicted octanol–water partition coefficient (Wildman–Crippen LogP) is 3.98. The summed E-state index contributed by atoms with van der Waals surface area (Å²) in [6, 6.07) is 7.02. The van der Waals surface area contributed by atoms with Crippen molar-refractivity contribution in [2.45, 2.75) is 67.0 Å². The second-order valence-electron chi connectivity index (χ2n) is 7.59. The Morgan fingerprint density at radius 2 is 1.72 bits per heavy atom. The van der Waals surface area contributed by atoms with E-state index in [9.17, 15) is 13.2 Å². The summed E-state index contributed by atoms with van der Waals surface area (Å²) in [7, 11) is -3.52. The van der Waals surface area contributed by atoms with Crippen LogP contribution in [-0.2, 0) is 21.5 Å². The molecule has 1 atom stereocenters. The Kier molecular flexibility index (Phi) is 7.47. The van der Waals surface area contributed by atoms with Crippen LogP contribution in [0.4, 0.5) is 0 Å². The second-order valence-corrected chi connectivity index (χ2v) is 9.45. The Labute approximate surface area is 152 Å². The SMILES string of the molecule is CC[C@H](C)N(Cc1ccc(OS(=O)(=O)CC)cc1)C(=O)CC(C)(C)C. The van der Waals surface area contributed by atoms with Crippen molar-refractivity contribution in [3.8, 4) is 5.75 Å². The normalized spacial score (nSPS) is 13.4. The van der Waals surface area contributed by atoms with Crippen LogP contribution in [0.1, 0.15) is 59.9 Å². The fourth-order valence-corrected chi connectivity index (χ4v) is 2.84. The summed E-state index contributed by atoms with van der Waals surface area (Å²) >= 11 is 0. The summed E-state index contributed by atoms with van der Waals surface area (Å²) in [5, 5.41) is 0. The molecule has 0 saturated heterocycles. The maximum Gasteiger partial charge on any atom is 0.308 e. The molecule has 1 rings (SSSR count). The van der Waals surface area contributed by atoms with Crippen LogP contribution >= 0.6 is 0 Å². The highest BCUT2D eigenvalue weighted by molar-refractivity contribution is 7.87. The van der Waals surface area contributed by atoms with Gasteiger partial charge in [-0.3, -0.25) is 4.79 Å². The number of amides is 1. The van der Waals surface area contributed by atoms with Gasteiger partial charge in [0, 0.05) is 19.0 Å². The zero-order valence-electron chi connectivity index (χ0n) is 16.2. The first-order chi connectivity index (χ1) is 11.5. The lowest BCUT2D eigenvalue weighted by atomic mass is 9.91. The second kappa shape index (κ2) is 8.70. The van der Waals surface area contributed by atoms with Crippen molar-refractivity contribution in [2.24, 2.45) is 5.41 Å². The van der Waals surface area contributed by atoms with E-state index in [1.165, 1.54) is 6.92 Å². The zero-order chi connectivity index (χ0) is 19.3. The smallest absolute Gasteiger partial charge is 0.308 e. The van der Waals surface area contributed by atoms with Crippen LogP contribution in [0, 0.1) is 5.41 Å². The quantitative estimate of drug-likeness (QED) is 0.650. The van der Waals surface area contributed by atoms with E-state index in [1.807, 2.05) is 11.8 Å². The molecular formula is C19H31NO4S. The molecule has 1 amide bonds. The van der Waals surface area contributed by atoms with Gasteiger partial charge in [-0.1, -0.05) is 39.8 Å². The van der Waals surface area contributed by atoms with Crippen LogP contribution < -0.4 is 4.18 Å². The van der Waals surface area contributed by atoms with Gasteiger partial charge in [-0.25, -0.2) is 0 Å². The molecule has 142 valence electrons. The van der Waals surface area contributed by atoms with Gasteiger partial charge in [0.05, 0.1) is 5.75 Å². The van der Waals surface area contributed by atoms with Crippen LogP contribution in [0.25, 0.3) is 0 Å². The van der Waals surface area contributed by atoms with Crippen LogP contribution in [-0.4, -0.2) is 31.0 Å². The maximum absolute atomic E-state index is 12.7. The number of rotatable bonds is 8. The molecule has 0 aliphatic carbocycles. The van der Waals surface area contributed by atoms with Gasteiger partial charge in [0.2, 0.25) is 5.91 Å². The Bertz CT molecular complexity index is 660. The summed E-state index contributed by atoms with van der Waals surface area (Å²) < 4.78 is 28.0. The van der Waals surface area contributed by atoms with Crippen molar-refractivity contribution in [3.05, 3.63) is 29.8 Å². The third kappa shape index (κ3) is 7.46. The number of nitrogens with zero attached hydrogens (tertiary/aromatic N) is 1. The maximum atomic E-state index is 12.7. The zero-order valence-corrected chi connectivity index (χ0v) is 17.0. The van der Waals surface area contributed by atoms with Gasteiger partial charge in [0.15, 0.2) is 0 Å². The van der Waals surface area contributed by atoms with Crippen molar-refractivity contribution in [2.75, 3.05) is 5.75 Å². The van der Waals surface area contributed by atoms with E-state index in [0.29, 0.717) is 18.7 Å². The highest BCUT2D eigenvalue weighted by Crippen LogP contribution is 2.23. The molecule has 0 saturated carbocycles. The first kappa shape index (κ1) is 21.5. The van der Waals surface area contributed by atoms with E-state index in [-0.39, 0.29) is 23.1 Å². The number of hydrogen-bond donors (Lipinski definition) is 0. The molecule has 1 aromatic rings. The molecule has 0 spiro atoms. The fourth-order valence-electron chi connectivity index (χ4n) is 2.32. The van der Waals surface area contributed by atoms with Gasteiger partial charge in [0.1, 0.15) is 5.75 Å². The van der Waals surface area contributed by atoms with Crippen molar-refractivity contribution in [3.63, 3.8) is 0 Å². The van der Waals surface area contributed by atoms with Crippen LogP contribution in [0.3, 0.4) is 0 Å². The Balaban J connectivity index is 2.89. The van der Waals surface area contributed by atoms with E-state index in [1.54, 1.807) is 24.3 Å². The molecule has 6 heteroatoms. The molecule has 0 bridgehead atoms. The summed E-state index contributed by atoms with van der Waals surface area (Å²) in [4.78, 5) is 14.6. The van der Waals surface area contributed by atoms with Gasteiger partial charge >= 0.3 is 10.1 Å². The molecule has 0 fully saturated rings. The molecule has 5 nitrogen and oxygen atoms in total. The van der Waals surface area contributed by atoms with E-state index in [2.05, 4.69) is 27.7 Å². The van der Waals surface area contributed by atoms with Crippen molar-refractivity contribution in [1.29, 1.82) is 0 Å². The Morgan fingerprint density at radius 3 is 2.16 bits per heavy atom. The van der Waals surface area contributed by atoms with E-state index >= 15 is 0 Å². The molecule has 0 N–H and O–H groups in total. The van der Waals surface area contributed by atoms with E-state index < -0.39 is 10.1 Å². The van der Waals surface area contributed by atoms with Crippen molar-refractivity contribution >= 4 is 16.0 Å². The molecule has 25 heavy (non-hydrogen) atoms. The monoisotopic (exact) mass is 369 g/mol. The minimum absolute atomic E-state index is 0.0605. The molecule has 0 aliphatic rings. The van der Waals surface area contributed by atoms with Crippen LogP contribution in [0.2, 0.25) is 0 Å². The topological polar surface area (TPSA) is 63.7 Å². The van der Waals surface area contributed by atoms with Crippen molar-refractivity contribution < 1.29 is 17.4 Å². The summed E-state index contributed by atoms with van der Waals surface area (Å²) in [5.41, 5.74) is 0.887. The Morgan fingerprint density at radius 1 is 1.16 bits per heavy atom. The van der Waals surface area contributed by atoms with Crippen molar-refractivity contribution in [1.82, 2.24) is 4.90 Å². The number of carbonyl (C=O) groups is 1. The van der Waals surface area contributed by atoms with Gasteiger partial charge in [-0.2, -0.15) is 8.42 Å². The standard InChI is InChI=1S/C19H31NO4S/c1-7-15(3)20(18(21)13-19(4,5)6)14-16-9-11-17(12-10-16)24-25(22,23)8-2/h9-12,15H,7-8,13-14H2,1-6H3/t15-/m0/s1. The van der Waals surface area contributed by atoms with Crippen LogP contribution in [0.15, 0.2) is 24.3 Å². The first-order valence-electron chi connectivity index (χ1n) is 8.78. The fraction of sp³-hybridized carbons (Fsp3) is 0.632. The summed E-state index contributed by atoms with van der Waals surface area (Å²) in [6.45, 7) is 12.3. The first-order valence-corrected chi connectivity index (χ1v) is 10.4. The number of carbonyl (C=O) groups excluding carboxylic acids is 1. The average molecular weight is 370 g/mol. The van der Waals surface area contributed by atoms with Gasteiger partial charge < -0.3 is 9.08 Å². The number of benzene rings is 1. The van der Waals surface area contributed by atoms with Gasteiger partial charge in [-0.15, -0.1) is 0 Å². The Hall–Kier alpha value is -1.56. The van der Waals surface area contributed by atoms with Gasteiger partial charge in [0.25, 0.3) is 0 Å². The largest absolute Gasteiger partial charge is 0.382 e. The van der Waals surface area contributed by atoms with E-state index in [0.717, 1.165) is 12.0 Å². The molecule has 0 aliphatic heterocycles. The third-order valence-electron chi connectivity index (χ3n) is 3.98. The number of hydrogen-bond acceptors (Lipinski definition) is 4. The van der Waals surface area contributed by atoms with Crippen LogP contribution in [0.5, 0.6) is 5.75 Å². The third-order valence-corrected chi connectivity index (χ3v) is 5.13. The molecule has 1 aromatic carbocycles. The molecule has 0 radical (unpaired) electrons. The lowest BCUT2D eigenvalue weighted by Gasteiger charge is -2.31. The highest BCUT2D eigenvalue weighted by Gasteiger charge is 2.24. The minimum Gasteiger partial charge on any atom is -0.382 e. The lowest BCUT2D eigenvalue weighted by molar-refractivity contribution is -0.135. The highest BCUT2D eigenvalue weighted by atomic mass is 32.2. The average Bonchev–Trinajstić information content (AvgIpc) is 2.51. The van der Waals surface area contributed by atoms with Gasteiger partial charge in [-0.05, 0) is 43.4 Å². The summed E-state index contributed by atoms with van der Waals surface area (Å²) in [6.07, 6.45) is 1.37. The van der Waals surface area contributed by atoms with E-state index in [4.69, 9.17) is 4.18 Å². The predicted molar refractivity (Wildman–Crippen MR) is 101 cm³/mol. The molecule has 0 heterocycles. The molecule has 0 unspecified atom stereocenters. The molecule has 0 aromatic heterocycles.